The number of ether oxygens (including phenoxy) is 1. The minimum atomic E-state index is -0.432. The topological polar surface area (TPSA) is 51.2 Å². The van der Waals surface area contributed by atoms with Gasteiger partial charge in [-0.05, 0) is 19.1 Å². The van der Waals surface area contributed by atoms with Gasteiger partial charge < -0.3 is 10.1 Å². The number of nitrogens with zero attached hydrogens (tertiary/aromatic N) is 1. The summed E-state index contributed by atoms with van der Waals surface area (Å²) in [5.41, 5.74) is 0. The summed E-state index contributed by atoms with van der Waals surface area (Å²) >= 11 is 9.05. The van der Waals surface area contributed by atoms with Crippen LogP contribution in [-0.4, -0.2) is 35.6 Å². The van der Waals surface area contributed by atoms with E-state index >= 15 is 0 Å². The molecule has 2 unspecified atom stereocenters. The Morgan fingerprint density at radius 1 is 1.61 bits per heavy atom. The molecular weight excluding hydrogens is 292 g/mol. The van der Waals surface area contributed by atoms with Gasteiger partial charge in [0.2, 0.25) is 0 Å². The molecule has 18 heavy (non-hydrogen) atoms. The Balaban J connectivity index is 2.08. The monoisotopic (exact) mass is 306 g/mol. The molecule has 0 spiro atoms. The normalized spacial score (nSPS) is 23.1. The van der Waals surface area contributed by atoms with Gasteiger partial charge in [-0.25, -0.2) is 9.78 Å². The summed E-state index contributed by atoms with van der Waals surface area (Å²) in [6.45, 7) is 0. The maximum Gasteiger partial charge on any atom is 0.351 e. The fraction of sp³-hybridized carbons (Fsp3) is 0.636. The first-order valence-corrected chi connectivity index (χ1v) is 8.18. The number of nitrogens with one attached hydrogen (secondary N) is 1. The first-order valence-electron chi connectivity index (χ1n) is 5.69. The van der Waals surface area contributed by atoms with Crippen LogP contribution in [0.25, 0.3) is 0 Å². The smallest absolute Gasteiger partial charge is 0.351 e. The SMILES string of the molecule is COC(=O)c1sc(NC2CCCC2SC)nc1Cl. The van der Waals surface area contributed by atoms with Crippen molar-refractivity contribution in [3.05, 3.63) is 10.0 Å². The van der Waals surface area contributed by atoms with Gasteiger partial charge >= 0.3 is 5.97 Å². The van der Waals surface area contributed by atoms with Gasteiger partial charge in [-0.2, -0.15) is 11.8 Å². The average Bonchev–Trinajstić information content (AvgIpc) is 2.95. The Morgan fingerprint density at radius 2 is 2.39 bits per heavy atom. The number of esters is 1. The Labute approximate surface area is 119 Å². The number of thioether (sulfide) groups is 1. The third-order valence-corrected chi connectivity index (χ3v) is 5.54. The third-order valence-electron chi connectivity index (χ3n) is 3.02. The number of carbonyl (C=O) groups excluding carboxylic acids is 1. The summed E-state index contributed by atoms with van der Waals surface area (Å²) in [5, 5.41) is 4.90. The van der Waals surface area contributed by atoms with E-state index in [2.05, 4.69) is 21.3 Å². The highest BCUT2D eigenvalue weighted by molar-refractivity contribution is 7.99. The number of methoxy groups -OCH3 is 1. The highest BCUT2D eigenvalue weighted by Gasteiger charge is 2.28. The molecule has 2 atom stereocenters. The molecule has 1 aliphatic carbocycles. The van der Waals surface area contributed by atoms with E-state index in [1.807, 2.05) is 11.8 Å². The number of hydrogen-bond acceptors (Lipinski definition) is 6. The van der Waals surface area contributed by atoms with Crippen LogP contribution in [0, 0.1) is 0 Å². The minimum Gasteiger partial charge on any atom is -0.465 e. The van der Waals surface area contributed by atoms with Crippen LogP contribution in [0.2, 0.25) is 5.15 Å². The number of thiazole rings is 1. The molecule has 1 aromatic heterocycles. The van der Waals surface area contributed by atoms with Gasteiger partial charge in [0.1, 0.15) is 0 Å². The summed E-state index contributed by atoms with van der Waals surface area (Å²) in [7, 11) is 1.34. The number of halogens is 1. The van der Waals surface area contributed by atoms with E-state index < -0.39 is 5.97 Å². The lowest BCUT2D eigenvalue weighted by molar-refractivity contribution is 0.0606. The largest absolute Gasteiger partial charge is 0.465 e. The molecule has 0 aromatic carbocycles. The molecule has 1 aromatic rings. The number of rotatable bonds is 4. The number of carbonyl (C=O) groups is 1. The maximum absolute atomic E-state index is 11.4. The third kappa shape index (κ3) is 2.92. The minimum absolute atomic E-state index is 0.216. The molecular formula is C11H15ClN2O2S2. The summed E-state index contributed by atoms with van der Waals surface area (Å²) < 4.78 is 4.66. The fourth-order valence-electron chi connectivity index (χ4n) is 2.11. The molecule has 1 aliphatic rings. The van der Waals surface area contributed by atoms with Gasteiger partial charge in [0.05, 0.1) is 7.11 Å². The zero-order valence-corrected chi connectivity index (χ0v) is 12.6. The van der Waals surface area contributed by atoms with Crippen molar-refractivity contribution >= 4 is 45.8 Å². The van der Waals surface area contributed by atoms with Crippen LogP contribution in [-0.2, 0) is 4.74 Å². The standard InChI is InChI=1S/C11H15ClN2O2S2/c1-16-10(15)8-9(12)14-11(18-8)13-6-4-3-5-7(6)17-2/h6-7H,3-5H2,1-2H3,(H,13,14). The van der Waals surface area contributed by atoms with Crippen molar-refractivity contribution in [3.8, 4) is 0 Å². The van der Waals surface area contributed by atoms with Gasteiger partial charge in [0.15, 0.2) is 15.2 Å². The van der Waals surface area contributed by atoms with Crippen LogP contribution in [0.3, 0.4) is 0 Å². The van der Waals surface area contributed by atoms with E-state index in [-0.39, 0.29) is 5.15 Å². The quantitative estimate of drug-likeness (QED) is 0.865. The molecule has 1 fully saturated rings. The van der Waals surface area contributed by atoms with Gasteiger partial charge in [-0.3, -0.25) is 0 Å². The Bertz CT molecular complexity index is 439. The van der Waals surface area contributed by atoms with Crippen LogP contribution in [0.4, 0.5) is 5.13 Å². The number of anilines is 1. The molecule has 1 heterocycles. The lowest BCUT2D eigenvalue weighted by Crippen LogP contribution is -2.25. The lowest BCUT2D eigenvalue weighted by atomic mass is 10.2. The lowest BCUT2D eigenvalue weighted by Gasteiger charge is -2.18. The number of aromatic nitrogens is 1. The second-order valence-electron chi connectivity index (χ2n) is 4.09. The Morgan fingerprint density at radius 3 is 3.06 bits per heavy atom. The zero-order valence-electron chi connectivity index (χ0n) is 10.2. The first kappa shape index (κ1) is 14.0. The van der Waals surface area contributed by atoms with Crippen molar-refractivity contribution in [2.45, 2.75) is 30.6 Å². The van der Waals surface area contributed by atoms with Crippen molar-refractivity contribution in [2.24, 2.45) is 0 Å². The van der Waals surface area contributed by atoms with Crippen molar-refractivity contribution in [2.75, 3.05) is 18.7 Å². The van der Waals surface area contributed by atoms with Crippen molar-refractivity contribution < 1.29 is 9.53 Å². The summed E-state index contributed by atoms with van der Waals surface area (Å²) in [6.07, 6.45) is 5.71. The number of hydrogen-bond donors (Lipinski definition) is 1. The summed E-state index contributed by atoms with van der Waals surface area (Å²) in [6, 6.07) is 0.410. The highest BCUT2D eigenvalue weighted by Crippen LogP contribution is 2.33. The second kappa shape index (κ2) is 6.12. The predicted octanol–water partition coefficient (Wildman–Crippen LogP) is 3.28. The molecule has 7 heteroatoms. The van der Waals surface area contributed by atoms with Crippen LogP contribution in [0.15, 0.2) is 0 Å². The predicted molar refractivity (Wildman–Crippen MR) is 77.0 cm³/mol. The molecule has 100 valence electrons. The van der Waals surface area contributed by atoms with E-state index in [0.717, 1.165) is 6.42 Å². The zero-order chi connectivity index (χ0) is 13.1. The summed E-state index contributed by atoms with van der Waals surface area (Å²) in [4.78, 5) is 16.0. The fourth-order valence-corrected chi connectivity index (χ4v) is 4.21. The van der Waals surface area contributed by atoms with Crippen LogP contribution < -0.4 is 5.32 Å². The van der Waals surface area contributed by atoms with E-state index in [0.29, 0.717) is 21.3 Å². The molecule has 2 rings (SSSR count). The van der Waals surface area contributed by atoms with Crippen LogP contribution >= 0.6 is 34.7 Å². The van der Waals surface area contributed by atoms with Crippen molar-refractivity contribution in [3.63, 3.8) is 0 Å². The second-order valence-corrected chi connectivity index (χ2v) is 6.52. The summed E-state index contributed by atoms with van der Waals surface area (Å²) in [5.74, 6) is -0.432. The average molecular weight is 307 g/mol. The van der Waals surface area contributed by atoms with E-state index in [1.54, 1.807) is 0 Å². The Kier molecular flexibility index (Phi) is 4.75. The van der Waals surface area contributed by atoms with Crippen molar-refractivity contribution in [1.29, 1.82) is 0 Å². The van der Waals surface area contributed by atoms with Gasteiger partial charge in [0, 0.05) is 11.3 Å². The van der Waals surface area contributed by atoms with E-state index in [9.17, 15) is 4.79 Å². The molecule has 0 saturated heterocycles. The Hall–Kier alpha value is -0.460. The molecule has 1 N–H and O–H groups in total. The molecule has 4 nitrogen and oxygen atoms in total. The van der Waals surface area contributed by atoms with E-state index in [1.165, 1.54) is 31.3 Å². The maximum atomic E-state index is 11.4. The molecule has 0 aliphatic heterocycles. The van der Waals surface area contributed by atoms with Gasteiger partial charge in [0.25, 0.3) is 0 Å². The molecule has 0 amide bonds. The van der Waals surface area contributed by atoms with Crippen LogP contribution in [0.5, 0.6) is 0 Å². The molecule has 1 saturated carbocycles. The van der Waals surface area contributed by atoms with E-state index in [4.69, 9.17) is 11.6 Å². The van der Waals surface area contributed by atoms with Gasteiger partial charge in [-0.1, -0.05) is 29.4 Å². The first-order chi connectivity index (χ1) is 8.65. The van der Waals surface area contributed by atoms with Crippen LogP contribution in [0.1, 0.15) is 28.9 Å². The highest BCUT2D eigenvalue weighted by atomic mass is 35.5. The van der Waals surface area contributed by atoms with Gasteiger partial charge in [-0.15, -0.1) is 0 Å². The van der Waals surface area contributed by atoms with Crippen molar-refractivity contribution in [1.82, 2.24) is 4.98 Å². The molecule has 0 radical (unpaired) electrons. The molecule has 0 bridgehead atoms.